The first kappa shape index (κ1) is 24.9. The molecule has 3 aromatic rings. The molecule has 1 fully saturated rings. The van der Waals surface area contributed by atoms with Crippen LogP contribution in [0.3, 0.4) is 0 Å². The number of ether oxygens (including phenoxy) is 2. The number of carbonyl (C=O) groups is 4. The van der Waals surface area contributed by atoms with Crippen LogP contribution in [-0.4, -0.2) is 48.5 Å². The molecule has 1 atom stereocenters. The van der Waals surface area contributed by atoms with Crippen LogP contribution in [-0.2, 0) is 20.9 Å². The van der Waals surface area contributed by atoms with Gasteiger partial charge in [0.1, 0.15) is 11.8 Å². The Morgan fingerprint density at radius 2 is 1.75 bits per heavy atom. The van der Waals surface area contributed by atoms with Gasteiger partial charge in [0, 0.05) is 10.6 Å². The van der Waals surface area contributed by atoms with Crippen molar-refractivity contribution in [2.45, 2.75) is 25.9 Å². The van der Waals surface area contributed by atoms with Crippen molar-refractivity contribution in [1.29, 1.82) is 0 Å². The summed E-state index contributed by atoms with van der Waals surface area (Å²) in [5.74, 6) is -0.765. The van der Waals surface area contributed by atoms with Crippen LogP contribution in [0.2, 0.25) is 0 Å². The molecule has 1 aliphatic heterocycles. The Kier molecular flexibility index (Phi) is 7.65. The van der Waals surface area contributed by atoms with Gasteiger partial charge in [-0.15, -0.1) is 11.3 Å². The van der Waals surface area contributed by atoms with E-state index >= 15 is 0 Å². The first-order chi connectivity index (χ1) is 17.4. The highest BCUT2D eigenvalue weighted by Gasteiger charge is 2.46. The van der Waals surface area contributed by atoms with Gasteiger partial charge >= 0.3 is 12.0 Å². The zero-order valence-corrected chi connectivity index (χ0v) is 20.6. The average Bonchev–Trinajstić information content (AvgIpc) is 3.47. The molecule has 1 N–H and O–H groups in total. The molecule has 2 heterocycles. The highest BCUT2D eigenvalue weighted by molar-refractivity contribution is 7.09. The van der Waals surface area contributed by atoms with E-state index in [0.29, 0.717) is 22.7 Å². The lowest BCUT2D eigenvalue weighted by atomic mass is 10.1. The molecule has 1 aliphatic rings. The van der Waals surface area contributed by atoms with E-state index < -0.39 is 29.9 Å². The summed E-state index contributed by atoms with van der Waals surface area (Å²) < 4.78 is 10.1. The SMILES string of the molecule is CCOC(=O)c1ccc(NC(=O)CC2C(=O)N(c3ccc(OC)cc3)C(=O)N2Cc2cccs2)cc1. The number of hydrogen-bond acceptors (Lipinski definition) is 7. The number of hydrogen-bond donors (Lipinski definition) is 1. The van der Waals surface area contributed by atoms with Gasteiger partial charge in [0.25, 0.3) is 5.91 Å². The molecule has 1 unspecified atom stereocenters. The summed E-state index contributed by atoms with van der Waals surface area (Å²) in [6, 6.07) is 15.1. The highest BCUT2D eigenvalue weighted by atomic mass is 32.1. The third-order valence-electron chi connectivity index (χ3n) is 5.61. The maximum Gasteiger partial charge on any atom is 0.338 e. The van der Waals surface area contributed by atoms with Crippen LogP contribution in [0.4, 0.5) is 16.2 Å². The number of nitrogens with zero attached hydrogens (tertiary/aromatic N) is 2. The van der Waals surface area contributed by atoms with Crippen molar-refractivity contribution in [1.82, 2.24) is 4.90 Å². The van der Waals surface area contributed by atoms with Crippen LogP contribution >= 0.6 is 11.3 Å². The maximum atomic E-state index is 13.4. The zero-order valence-electron chi connectivity index (χ0n) is 19.8. The van der Waals surface area contributed by atoms with Crippen molar-refractivity contribution in [3.05, 3.63) is 76.5 Å². The van der Waals surface area contributed by atoms with Crippen molar-refractivity contribution < 1.29 is 28.7 Å². The van der Waals surface area contributed by atoms with E-state index in [9.17, 15) is 19.2 Å². The van der Waals surface area contributed by atoms with Crippen molar-refractivity contribution in [3.63, 3.8) is 0 Å². The van der Waals surface area contributed by atoms with Crippen molar-refractivity contribution >= 4 is 46.5 Å². The normalized spacial score (nSPS) is 15.2. The van der Waals surface area contributed by atoms with Gasteiger partial charge in [-0.05, 0) is 66.9 Å². The minimum atomic E-state index is -0.972. The Labute approximate surface area is 212 Å². The molecule has 0 radical (unpaired) electrons. The van der Waals surface area contributed by atoms with Crippen LogP contribution < -0.4 is 15.0 Å². The van der Waals surface area contributed by atoms with Crippen LogP contribution in [0.25, 0.3) is 0 Å². The number of methoxy groups -OCH3 is 1. The summed E-state index contributed by atoms with van der Waals surface area (Å²) in [5.41, 5.74) is 1.23. The lowest BCUT2D eigenvalue weighted by Gasteiger charge is -2.21. The molecule has 4 rings (SSSR count). The topological polar surface area (TPSA) is 105 Å². The van der Waals surface area contributed by atoms with Gasteiger partial charge in [0.2, 0.25) is 5.91 Å². The summed E-state index contributed by atoms with van der Waals surface area (Å²) in [6.45, 7) is 2.20. The van der Waals surface area contributed by atoms with Crippen molar-refractivity contribution in [3.8, 4) is 5.75 Å². The van der Waals surface area contributed by atoms with Crippen LogP contribution in [0.1, 0.15) is 28.6 Å². The highest BCUT2D eigenvalue weighted by Crippen LogP contribution is 2.30. The second-order valence-electron chi connectivity index (χ2n) is 7.93. The molecule has 4 amide bonds. The van der Waals surface area contributed by atoms with E-state index in [4.69, 9.17) is 9.47 Å². The second-order valence-corrected chi connectivity index (χ2v) is 8.96. The summed E-state index contributed by atoms with van der Waals surface area (Å²) in [6.07, 6.45) is -0.220. The largest absolute Gasteiger partial charge is 0.497 e. The van der Waals surface area contributed by atoms with Crippen LogP contribution in [0, 0.1) is 0 Å². The predicted molar refractivity (Wildman–Crippen MR) is 135 cm³/mol. The molecule has 0 aliphatic carbocycles. The third-order valence-corrected chi connectivity index (χ3v) is 6.48. The minimum Gasteiger partial charge on any atom is -0.497 e. The monoisotopic (exact) mass is 507 g/mol. The van der Waals surface area contributed by atoms with E-state index in [1.807, 2.05) is 17.5 Å². The Bertz CT molecular complexity index is 1240. The average molecular weight is 508 g/mol. The molecule has 0 bridgehead atoms. The molecule has 36 heavy (non-hydrogen) atoms. The van der Waals surface area contributed by atoms with E-state index in [0.717, 1.165) is 9.78 Å². The standard InChI is InChI=1S/C26H25N3O6S/c1-3-35-25(32)17-6-8-18(9-7-17)27-23(30)15-22-24(31)29(19-10-12-20(34-2)13-11-19)26(33)28(22)16-21-5-4-14-36-21/h4-14,22H,3,15-16H2,1-2H3,(H,27,30). The number of thiophene rings is 1. The molecule has 0 spiro atoms. The quantitative estimate of drug-likeness (QED) is 0.342. The van der Waals surface area contributed by atoms with E-state index in [1.165, 1.54) is 23.3 Å². The number of urea groups is 1. The van der Waals surface area contributed by atoms with Gasteiger partial charge in [-0.1, -0.05) is 6.07 Å². The third kappa shape index (κ3) is 5.38. The first-order valence-corrected chi connectivity index (χ1v) is 12.2. The Balaban J connectivity index is 1.52. The number of anilines is 2. The lowest BCUT2D eigenvalue weighted by molar-refractivity contribution is -0.124. The summed E-state index contributed by atoms with van der Waals surface area (Å²) in [7, 11) is 1.53. The number of rotatable bonds is 9. The summed E-state index contributed by atoms with van der Waals surface area (Å²) >= 11 is 1.47. The molecular formula is C26H25N3O6S. The summed E-state index contributed by atoms with van der Waals surface area (Å²) in [4.78, 5) is 54.8. The van der Waals surface area contributed by atoms with Gasteiger partial charge in [-0.2, -0.15) is 0 Å². The number of benzene rings is 2. The van der Waals surface area contributed by atoms with E-state index in [-0.39, 0.29) is 19.6 Å². The second kappa shape index (κ2) is 11.0. The molecule has 1 saturated heterocycles. The predicted octanol–water partition coefficient (Wildman–Crippen LogP) is 4.30. The van der Waals surface area contributed by atoms with Crippen molar-refractivity contribution in [2.24, 2.45) is 0 Å². The fourth-order valence-electron chi connectivity index (χ4n) is 3.84. The Hall–Kier alpha value is -4.18. The minimum absolute atomic E-state index is 0.209. The zero-order chi connectivity index (χ0) is 25.7. The number of carbonyl (C=O) groups excluding carboxylic acids is 4. The van der Waals surface area contributed by atoms with Gasteiger partial charge in [0.15, 0.2) is 0 Å². The molecule has 186 valence electrons. The smallest absolute Gasteiger partial charge is 0.338 e. The molecule has 10 heteroatoms. The number of esters is 1. The van der Waals surface area contributed by atoms with Crippen molar-refractivity contribution in [2.75, 3.05) is 23.9 Å². The van der Waals surface area contributed by atoms with Gasteiger partial charge in [0.05, 0.1) is 37.9 Å². The molecule has 1 aromatic heterocycles. The van der Waals surface area contributed by atoms with Crippen LogP contribution in [0.15, 0.2) is 66.0 Å². The maximum absolute atomic E-state index is 13.4. The van der Waals surface area contributed by atoms with Crippen LogP contribution in [0.5, 0.6) is 5.75 Å². The Morgan fingerprint density at radius 3 is 2.36 bits per heavy atom. The number of imide groups is 1. The number of nitrogens with one attached hydrogen (secondary N) is 1. The van der Waals surface area contributed by atoms with E-state index in [2.05, 4.69) is 5.32 Å². The molecule has 0 saturated carbocycles. The molecule has 9 nitrogen and oxygen atoms in total. The molecule has 2 aromatic carbocycles. The molecular weight excluding hydrogens is 482 g/mol. The fraction of sp³-hybridized carbons (Fsp3) is 0.231. The fourth-order valence-corrected chi connectivity index (χ4v) is 4.55. The number of amides is 4. The van der Waals surface area contributed by atoms with Gasteiger partial charge < -0.3 is 19.7 Å². The van der Waals surface area contributed by atoms with Gasteiger partial charge in [-0.25, -0.2) is 14.5 Å². The first-order valence-electron chi connectivity index (χ1n) is 11.3. The lowest BCUT2D eigenvalue weighted by Crippen LogP contribution is -2.37. The summed E-state index contributed by atoms with van der Waals surface area (Å²) in [5, 5.41) is 4.63. The van der Waals surface area contributed by atoms with Gasteiger partial charge in [-0.3, -0.25) is 9.59 Å². The van der Waals surface area contributed by atoms with E-state index in [1.54, 1.807) is 55.5 Å². The Morgan fingerprint density at radius 1 is 1.03 bits per heavy atom.